The Hall–Kier alpha value is -2.17. The third-order valence-corrected chi connectivity index (χ3v) is 3.05. The number of nitrogens with zero attached hydrogens (tertiary/aromatic N) is 2. The predicted molar refractivity (Wildman–Crippen MR) is 78.6 cm³/mol. The van der Waals surface area contributed by atoms with Crippen LogP contribution in [0.5, 0.6) is 0 Å². The number of rotatable bonds is 4. The average molecular weight is 273 g/mol. The Bertz CT molecular complexity index is 689. The molecule has 0 unspecified atom stereocenters. The van der Waals surface area contributed by atoms with E-state index in [2.05, 4.69) is 10.4 Å². The van der Waals surface area contributed by atoms with Gasteiger partial charge in [-0.3, -0.25) is 9.59 Å². The van der Waals surface area contributed by atoms with Crippen LogP contribution >= 0.6 is 0 Å². The van der Waals surface area contributed by atoms with Gasteiger partial charge in [0, 0.05) is 11.9 Å². The van der Waals surface area contributed by atoms with E-state index in [9.17, 15) is 9.59 Å². The molecule has 2 rings (SSSR count). The van der Waals surface area contributed by atoms with Gasteiger partial charge in [-0.25, -0.2) is 4.68 Å². The number of nitrogens with one attached hydrogen (secondary N) is 1. The number of benzene rings is 1. The average Bonchev–Trinajstić information content (AvgIpc) is 2.42. The molecule has 0 atom stereocenters. The summed E-state index contributed by atoms with van der Waals surface area (Å²) in [6, 6.07) is 7.31. The highest BCUT2D eigenvalue weighted by Crippen LogP contribution is 2.11. The van der Waals surface area contributed by atoms with Crippen LogP contribution < -0.4 is 10.9 Å². The van der Waals surface area contributed by atoms with Gasteiger partial charge in [-0.15, -0.1) is 0 Å². The summed E-state index contributed by atoms with van der Waals surface area (Å²) < 4.78 is 1.23. The third-order valence-electron chi connectivity index (χ3n) is 3.05. The van der Waals surface area contributed by atoms with Crippen molar-refractivity contribution >= 4 is 16.7 Å². The minimum atomic E-state index is -0.231. The van der Waals surface area contributed by atoms with Crippen LogP contribution in [-0.2, 0) is 11.3 Å². The Morgan fingerprint density at radius 3 is 2.60 bits per heavy atom. The second kappa shape index (κ2) is 5.86. The molecule has 0 aliphatic rings. The second-order valence-electron chi connectivity index (χ2n) is 5.29. The Labute approximate surface area is 117 Å². The zero-order valence-electron chi connectivity index (χ0n) is 12.0. The van der Waals surface area contributed by atoms with Gasteiger partial charge in [-0.2, -0.15) is 5.10 Å². The Kier molecular flexibility index (Phi) is 4.17. The maximum atomic E-state index is 12.3. The van der Waals surface area contributed by atoms with E-state index in [4.69, 9.17) is 0 Å². The lowest BCUT2D eigenvalue weighted by molar-refractivity contribution is -0.122. The number of aromatic nitrogens is 2. The van der Waals surface area contributed by atoms with Crippen LogP contribution in [0.3, 0.4) is 0 Å². The fourth-order valence-electron chi connectivity index (χ4n) is 2.02. The third kappa shape index (κ3) is 3.04. The molecule has 2 aromatic rings. The van der Waals surface area contributed by atoms with Crippen molar-refractivity contribution in [1.29, 1.82) is 0 Å². The molecule has 0 aliphatic heterocycles. The summed E-state index contributed by atoms with van der Waals surface area (Å²) in [5, 5.41) is 8.42. The molecule has 0 bridgehead atoms. The van der Waals surface area contributed by atoms with Crippen molar-refractivity contribution in [2.75, 3.05) is 6.54 Å². The van der Waals surface area contributed by atoms with Gasteiger partial charge in [0.1, 0.15) is 6.54 Å². The van der Waals surface area contributed by atoms with Crippen molar-refractivity contribution in [1.82, 2.24) is 15.1 Å². The van der Waals surface area contributed by atoms with Crippen molar-refractivity contribution in [2.24, 2.45) is 5.92 Å². The molecule has 5 heteroatoms. The molecule has 1 aromatic carbocycles. The number of fused-ring (bicyclic) bond motifs is 1. The van der Waals surface area contributed by atoms with E-state index < -0.39 is 0 Å². The Balaban J connectivity index is 2.29. The summed E-state index contributed by atoms with van der Waals surface area (Å²) in [4.78, 5) is 24.1. The van der Waals surface area contributed by atoms with Crippen LogP contribution in [0.15, 0.2) is 29.1 Å². The normalized spacial score (nSPS) is 11.0. The molecule has 0 aliphatic carbocycles. The highest BCUT2D eigenvalue weighted by Gasteiger charge is 2.10. The molecule has 0 spiro atoms. The van der Waals surface area contributed by atoms with Crippen molar-refractivity contribution < 1.29 is 4.79 Å². The fourth-order valence-corrected chi connectivity index (χ4v) is 2.02. The molecule has 0 saturated carbocycles. The van der Waals surface area contributed by atoms with Gasteiger partial charge in [0.15, 0.2) is 0 Å². The molecule has 1 heterocycles. The van der Waals surface area contributed by atoms with E-state index in [-0.39, 0.29) is 18.0 Å². The summed E-state index contributed by atoms with van der Waals surface area (Å²) in [7, 11) is 0. The maximum Gasteiger partial charge on any atom is 0.275 e. The van der Waals surface area contributed by atoms with E-state index in [1.54, 1.807) is 6.07 Å². The Morgan fingerprint density at radius 1 is 1.30 bits per heavy atom. The van der Waals surface area contributed by atoms with Crippen molar-refractivity contribution in [3.63, 3.8) is 0 Å². The van der Waals surface area contributed by atoms with Gasteiger partial charge in [-0.05, 0) is 18.9 Å². The first-order chi connectivity index (χ1) is 9.49. The quantitative estimate of drug-likeness (QED) is 0.917. The van der Waals surface area contributed by atoms with Gasteiger partial charge < -0.3 is 5.32 Å². The number of hydrogen-bond donors (Lipinski definition) is 1. The standard InChI is InChI=1S/C15H19N3O2/c1-10(2)8-16-14(19)9-18-15(20)13-7-5-4-6-12(13)11(3)17-18/h4-7,10H,8-9H2,1-3H3,(H,16,19). The zero-order valence-corrected chi connectivity index (χ0v) is 12.0. The molecule has 0 radical (unpaired) electrons. The summed E-state index contributed by atoms with van der Waals surface area (Å²) in [5.41, 5.74) is 0.516. The molecular weight excluding hydrogens is 254 g/mol. The summed E-state index contributed by atoms with van der Waals surface area (Å²) in [5.74, 6) is 0.185. The van der Waals surface area contributed by atoms with Crippen LogP contribution in [0, 0.1) is 12.8 Å². The molecule has 106 valence electrons. The van der Waals surface area contributed by atoms with E-state index in [1.165, 1.54) is 4.68 Å². The SMILES string of the molecule is Cc1nn(CC(=O)NCC(C)C)c(=O)c2ccccc12. The molecule has 1 aromatic heterocycles. The molecule has 1 amide bonds. The number of amides is 1. The molecular formula is C15H19N3O2. The van der Waals surface area contributed by atoms with Gasteiger partial charge in [0.25, 0.3) is 5.56 Å². The van der Waals surface area contributed by atoms with Crippen LogP contribution in [0.25, 0.3) is 10.8 Å². The molecule has 0 fully saturated rings. The molecule has 20 heavy (non-hydrogen) atoms. The van der Waals surface area contributed by atoms with Crippen LogP contribution in [0.1, 0.15) is 19.5 Å². The van der Waals surface area contributed by atoms with Crippen molar-refractivity contribution in [2.45, 2.75) is 27.3 Å². The molecule has 0 saturated heterocycles. The number of carbonyl (C=O) groups excluding carboxylic acids is 1. The smallest absolute Gasteiger partial charge is 0.275 e. The largest absolute Gasteiger partial charge is 0.354 e. The topological polar surface area (TPSA) is 64.0 Å². The fraction of sp³-hybridized carbons (Fsp3) is 0.400. The Morgan fingerprint density at radius 2 is 1.95 bits per heavy atom. The minimum Gasteiger partial charge on any atom is -0.354 e. The number of carbonyl (C=O) groups is 1. The summed E-state index contributed by atoms with van der Waals surface area (Å²) in [6.45, 7) is 6.43. The van der Waals surface area contributed by atoms with Gasteiger partial charge in [-0.1, -0.05) is 32.0 Å². The maximum absolute atomic E-state index is 12.3. The summed E-state index contributed by atoms with van der Waals surface area (Å²) >= 11 is 0. The highest BCUT2D eigenvalue weighted by atomic mass is 16.2. The lowest BCUT2D eigenvalue weighted by Crippen LogP contribution is -2.35. The monoisotopic (exact) mass is 273 g/mol. The van der Waals surface area contributed by atoms with Crippen molar-refractivity contribution in [3.05, 3.63) is 40.3 Å². The van der Waals surface area contributed by atoms with Crippen molar-refractivity contribution in [3.8, 4) is 0 Å². The molecule has 5 nitrogen and oxygen atoms in total. The minimum absolute atomic E-state index is 0.0444. The van der Waals surface area contributed by atoms with E-state index in [0.717, 1.165) is 11.1 Å². The van der Waals surface area contributed by atoms with Gasteiger partial charge in [0.05, 0.1) is 11.1 Å². The predicted octanol–water partition coefficient (Wildman–Crippen LogP) is 1.48. The first kappa shape index (κ1) is 14.2. The van der Waals surface area contributed by atoms with E-state index >= 15 is 0 Å². The zero-order chi connectivity index (χ0) is 14.7. The first-order valence-corrected chi connectivity index (χ1v) is 6.72. The first-order valence-electron chi connectivity index (χ1n) is 6.72. The number of hydrogen-bond acceptors (Lipinski definition) is 3. The van der Waals surface area contributed by atoms with Gasteiger partial charge in [0.2, 0.25) is 5.91 Å². The van der Waals surface area contributed by atoms with Crippen LogP contribution in [0.4, 0.5) is 0 Å². The number of aryl methyl sites for hydroxylation is 1. The van der Waals surface area contributed by atoms with E-state index in [0.29, 0.717) is 17.8 Å². The second-order valence-corrected chi connectivity index (χ2v) is 5.29. The van der Waals surface area contributed by atoms with Crippen LogP contribution in [-0.4, -0.2) is 22.2 Å². The highest BCUT2D eigenvalue weighted by molar-refractivity contribution is 5.83. The van der Waals surface area contributed by atoms with Gasteiger partial charge >= 0.3 is 0 Å². The van der Waals surface area contributed by atoms with E-state index in [1.807, 2.05) is 39.0 Å². The van der Waals surface area contributed by atoms with Crippen LogP contribution in [0.2, 0.25) is 0 Å². The lowest BCUT2D eigenvalue weighted by atomic mass is 10.1. The summed E-state index contributed by atoms with van der Waals surface area (Å²) in [6.07, 6.45) is 0. The molecule has 1 N–H and O–H groups in total. The lowest BCUT2D eigenvalue weighted by Gasteiger charge is -2.10.